The topological polar surface area (TPSA) is 18.5 Å². The zero-order valence-corrected chi connectivity index (χ0v) is 15.5. The zero-order chi connectivity index (χ0) is 17.6. The molecular weight excluding hydrogens is 357 g/mol. The minimum absolute atomic E-state index is 0.0959. The molecule has 1 aliphatic rings. The van der Waals surface area contributed by atoms with Crippen molar-refractivity contribution in [2.45, 2.75) is 6.42 Å². The van der Waals surface area contributed by atoms with E-state index in [2.05, 4.69) is 39.4 Å². The van der Waals surface area contributed by atoms with Crippen LogP contribution in [0.15, 0.2) is 48.5 Å². The molecule has 0 aliphatic carbocycles. The van der Waals surface area contributed by atoms with Gasteiger partial charge in [-0.25, -0.2) is 4.39 Å². The van der Waals surface area contributed by atoms with E-state index in [1.165, 1.54) is 11.6 Å². The molecule has 1 heterocycles. The number of benzene rings is 2. The highest BCUT2D eigenvalue weighted by atomic mass is 35.5. The fraction of sp³-hybridized carbons (Fsp3) is 0.316. The van der Waals surface area contributed by atoms with E-state index in [4.69, 9.17) is 23.8 Å². The van der Waals surface area contributed by atoms with Gasteiger partial charge in [-0.05, 0) is 42.4 Å². The summed E-state index contributed by atoms with van der Waals surface area (Å²) in [6.07, 6.45) is 1.07. The lowest BCUT2D eigenvalue weighted by atomic mass is 10.1. The molecule has 3 rings (SSSR count). The standard InChI is InChI=1S/C19H21ClFN3S/c20-17-14-16(6-7-18(17)21)22-19(25)24-12-10-23(11-13-24)9-8-15-4-2-1-3-5-15/h1-7,14H,8-13H2,(H,22,25). The molecule has 6 heteroatoms. The van der Waals surface area contributed by atoms with E-state index in [1.807, 2.05) is 6.07 Å². The van der Waals surface area contributed by atoms with Crippen molar-refractivity contribution in [3.05, 3.63) is 64.9 Å². The molecule has 1 saturated heterocycles. The molecule has 0 atom stereocenters. The normalized spacial score (nSPS) is 15.2. The van der Waals surface area contributed by atoms with Crippen molar-refractivity contribution < 1.29 is 4.39 Å². The third-order valence-electron chi connectivity index (χ3n) is 4.39. The van der Waals surface area contributed by atoms with E-state index >= 15 is 0 Å². The molecule has 3 nitrogen and oxygen atoms in total. The van der Waals surface area contributed by atoms with Gasteiger partial charge in [-0.15, -0.1) is 0 Å². The second-order valence-corrected chi connectivity index (χ2v) is 6.92. The molecule has 2 aromatic rings. The molecular formula is C19H21ClFN3S. The van der Waals surface area contributed by atoms with Crippen LogP contribution in [0.1, 0.15) is 5.56 Å². The van der Waals surface area contributed by atoms with Crippen LogP contribution in [0.2, 0.25) is 5.02 Å². The molecule has 0 bridgehead atoms. The Hall–Kier alpha value is -1.69. The van der Waals surface area contributed by atoms with Crippen LogP contribution in [0, 0.1) is 5.82 Å². The molecule has 2 aromatic carbocycles. The van der Waals surface area contributed by atoms with E-state index in [0.29, 0.717) is 10.8 Å². The number of halogens is 2. The lowest BCUT2D eigenvalue weighted by Crippen LogP contribution is -2.50. The molecule has 0 amide bonds. The Labute approximate surface area is 158 Å². The van der Waals surface area contributed by atoms with E-state index in [-0.39, 0.29) is 5.02 Å². The van der Waals surface area contributed by atoms with Crippen LogP contribution in [-0.2, 0) is 6.42 Å². The summed E-state index contributed by atoms with van der Waals surface area (Å²) < 4.78 is 13.2. The van der Waals surface area contributed by atoms with Crippen molar-refractivity contribution in [1.82, 2.24) is 9.80 Å². The minimum Gasteiger partial charge on any atom is -0.346 e. The first-order chi connectivity index (χ1) is 12.1. The number of piperazine rings is 1. The summed E-state index contributed by atoms with van der Waals surface area (Å²) in [6, 6.07) is 15.1. The second-order valence-electron chi connectivity index (χ2n) is 6.12. The van der Waals surface area contributed by atoms with E-state index in [1.54, 1.807) is 12.1 Å². The molecule has 0 aromatic heterocycles. The maximum atomic E-state index is 13.2. The van der Waals surface area contributed by atoms with E-state index in [0.717, 1.165) is 39.1 Å². The summed E-state index contributed by atoms with van der Waals surface area (Å²) in [6.45, 7) is 4.80. The fourth-order valence-corrected chi connectivity index (χ4v) is 3.36. The quantitative estimate of drug-likeness (QED) is 0.810. The maximum Gasteiger partial charge on any atom is 0.173 e. The average Bonchev–Trinajstić information content (AvgIpc) is 2.64. The van der Waals surface area contributed by atoms with Gasteiger partial charge in [-0.1, -0.05) is 41.9 Å². The van der Waals surface area contributed by atoms with Gasteiger partial charge in [0.1, 0.15) is 5.82 Å². The highest BCUT2D eigenvalue weighted by molar-refractivity contribution is 7.80. The predicted molar refractivity (Wildman–Crippen MR) is 106 cm³/mol. The smallest absolute Gasteiger partial charge is 0.173 e. The predicted octanol–water partition coefficient (Wildman–Crippen LogP) is 4.04. The molecule has 1 fully saturated rings. The van der Waals surface area contributed by atoms with Crippen LogP contribution < -0.4 is 5.32 Å². The summed E-state index contributed by atoms with van der Waals surface area (Å²) >= 11 is 11.3. The van der Waals surface area contributed by atoms with Crippen molar-refractivity contribution in [3.63, 3.8) is 0 Å². The Balaban J connectivity index is 1.45. The van der Waals surface area contributed by atoms with Crippen molar-refractivity contribution in [2.75, 3.05) is 38.0 Å². The Morgan fingerprint density at radius 1 is 1.08 bits per heavy atom. The number of anilines is 1. The average molecular weight is 378 g/mol. The van der Waals surface area contributed by atoms with Gasteiger partial charge >= 0.3 is 0 Å². The number of thiocarbonyl (C=S) groups is 1. The third kappa shape index (κ3) is 5.14. The zero-order valence-electron chi connectivity index (χ0n) is 13.9. The maximum absolute atomic E-state index is 13.2. The first-order valence-electron chi connectivity index (χ1n) is 8.39. The van der Waals surface area contributed by atoms with Crippen LogP contribution in [-0.4, -0.2) is 47.6 Å². The lowest BCUT2D eigenvalue weighted by molar-refractivity contribution is 0.185. The molecule has 0 spiro atoms. The fourth-order valence-electron chi connectivity index (χ4n) is 2.88. The monoisotopic (exact) mass is 377 g/mol. The Morgan fingerprint density at radius 3 is 2.48 bits per heavy atom. The van der Waals surface area contributed by atoms with Crippen molar-refractivity contribution in [2.24, 2.45) is 0 Å². The van der Waals surface area contributed by atoms with Gasteiger partial charge in [0.15, 0.2) is 5.11 Å². The van der Waals surface area contributed by atoms with Crippen LogP contribution in [0.4, 0.5) is 10.1 Å². The Morgan fingerprint density at radius 2 is 1.80 bits per heavy atom. The summed E-state index contributed by atoms with van der Waals surface area (Å²) in [5.41, 5.74) is 2.08. The largest absolute Gasteiger partial charge is 0.346 e. The second kappa shape index (κ2) is 8.61. The first-order valence-corrected chi connectivity index (χ1v) is 9.18. The van der Waals surface area contributed by atoms with Crippen LogP contribution in [0.25, 0.3) is 0 Å². The third-order valence-corrected chi connectivity index (χ3v) is 5.04. The molecule has 132 valence electrons. The summed E-state index contributed by atoms with van der Waals surface area (Å²) in [5.74, 6) is -0.426. The van der Waals surface area contributed by atoms with E-state index in [9.17, 15) is 4.39 Å². The van der Waals surface area contributed by atoms with Crippen molar-refractivity contribution in [1.29, 1.82) is 0 Å². The van der Waals surface area contributed by atoms with Gasteiger partial charge in [-0.3, -0.25) is 4.90 Å². The number of hydrogen-bond donors (Lipinski definition) is 1. The van der Waals surface area contributed by atoms with Gasteiger partial charge in [0.25, 0.3) is 0 Å². The molecule has 0 unspecified atom stereocenters. The molecule has 0 saturated carbocycles. The van der Waals surface area contributed by atoms with Crippen molar-refractivity contribution in [3.8, 4) is 0 Å². The number of nitrogens with zero attached hydrogens (tertiary/aromatic N) is 2. The van der Waals surface area contributed by atoms with Gasteiger partial charge in [0, 0.05) is 38.4 Å². The van der Waals surface area contributed by atoms with Crippen molar-refractivity contribution >= 4 is 34.6 Å². The van der Waals surface area contributed by atoms with Gasteiger partial charge in [0.2, 0.25) is 0 Å². The number of nitrogens with one attached hydrogen (secondary N) is 1. The minimum atomic E-state index is -0.426. The van der Waals surface area contributed by atoms with E-state index < -0.39 is 5.82 Å². The Kier molecular flexibility index (Phi) is 6.24. The number of rotatable bonds is 4. The van der Waals surface area contributed by atoms with Crippen LogP contribution >= 0.6 is 23.8 Å². The van der Waals surface area contributed by atoms with Gasteiger partial charge in [-0.2, -0.15) is 0 Å². The van der Waals surface area contributed by atoms with Gasteiger partial charge in [0.05, 0.1) is 5.02 Å². The summed E-state index contributed by atoms with van der Waals surface area (Å²) in [7, 11) is 0. The first kappa shape index (κ1) is 18.1. The number of hydrogen-bond acceptors (Lipinski definition) is 2. The van der Waals surface area contributed by atoms with Gasteiger partial charge < -0.3 is 10.2 Å². The SMILES string of the molecule is Fc1ccc(NC(=S)N2CCN(CCc3ccccc3)CC2)cc1Cl. The van der Waals surface area contributed by atoms with Crippen LogP contribution in [0.3, 0.4) is 0 Å². The lowest BCUT2D eigenvalue weighted by Gasteiger charge is -2.36. The Bertz CT molecular complexity index is 718. The highest BCUT2D eigenvalue weighted by Gasteiger charge is 2.18. The van der Waals surface area contributed by atoms with Crippen LogP contribution in [0.5, 0.6) is 0 Å². The molecule has 25 heavy (non-hydrogen) atoms. The molecule has 1 aliphatic heterocycles. The summed E-state index contributed by atoms with van der Waals surface area (Å²) in [5, 5.41) is 3.89. The molecule has 1 N–H and O–H groups in total. The highest BCUT2D eigenvalue weighted by Crippen LogP contribution is 2.20. The molecule has 0 radical (unpaired) electrons. The summed E-state index contributed by atoms with van der Waals surface area (Å²) in [4.78, 5) is 4.60.